The molecule has 0 radical (unpaired) electrons. The summed E-state index contributed by atoms with van der Waals surface area (Å²) < 4.78 is 5.52. The minimum Gasteiger partial charge on any atom is -0.379 e. The molecule has 1 fully saturated rings. The molecule has 3 aromatic rings. The number of rotatable bonds is 9. The Morgan fingerprint density at radius 1 is 0.947 bits per heavy atom. The van der Waals surface area contributed by atoms with Crippen LogP contribution in [0.3, 0.4) is 0 Å². The van der Waals surface area contributed by atoms with Gasteiger partial charge in [-0.05, 0) is 47.0 Å². The van der Waals surface area contributed by atoms with Crippen molar-refractivity contribution in [2.45, 2.75) is 6.04 Å². The molecule has 1 aliphatic heterocycles. The number of anilines is 1. The van der Waals surface area contributed by atoms with Gasteiger partial charge in [-0.25, -0.2) is 0 Å². The summed E-state index contributed by atoms with van der Waals surface area (Å²) in [6, 6.07) is 20.6. The van der Waals surface area contributed by atoms with Gasteiger partial charge in [0.15, 0.2) is 0 Å². The lowest BCUT2D eigenvalue weighted by Crippen LogP contribution is -2.45. The molecule has 0 spiro atoms. The third-order valence-corrected chi connectivity index (χ3v) is 7.63. The number of carbonyl (C=O) groups excluding carboxylic acids is 2. The van der Waals surface area contributed by atoms with Gasteiger partial charge in [0.25, 0.3) is 0 Å². The predicted molar refractivity (Wildman–Crippen MR) is 153 cm³/mol. The number of morpholine rings is 1. The van der Waals surface area contributed by atoms with Gasteiger partial charge in [-0.15, -0.1) is 0 Å². The molecule has 3 aromatic carbocycles. The number of nitrogens with zero attached hydrogens (tertiary/aromatic N) is 3. The van der Waals surface area contributed by atoms with Crippen molar-refractivity contribution < 1.29 is 14.3 Å². The van der Waals surface area contributed by atoms with Crippen molar-refractivity contribution in [3.05, 3.63) is 87.9 Å². The fraction of sp³-hybridized carbons (Fsp3) is 0.310. The summed E-state index contributed by atoms with van der Waals surface area (Å²) in [7, 11) is 3.71. The van der Waals surface area contributed by atoms with Gasteiger partial charge in [-0.3, -0.25) is 14.5 Å². The van der Waals surface area contributed by atoms with Crippen molar-refractivity contribution in [1.29, 1.82) is 0 Å². The summed E-state index contributed by atoms with van der Waals surface area (Å²) in [5, 5.41) is 0.922. The summed E-state index contributed by atoms with van der Waals surface area (Å²) in [5.41, 5.74) is 9.64. The van der Waals surface area contributed by atoms with Gasteiger partial charge in [-0.1, -0.05) is 59.6 Å². The number of benzene rings is 3. The largest absolute Gasteiger partial charge is 0.379 e. The second kappa shape index (κ2) is 12.6. The number of primary amides is 1. The molecule has 1 atom stereocenters. The number of halogens is 2. The molecule has 1 heterocycles. The first-order valence-electron chi connectivity index (χ1n) is 12.4. The van der Waals surface area contributed by atoms with Crippen LogP contribution in [0.5, 0.6) is 0 Å². The van der Waals surface area contributed by atoms with E-state index in [1.165, 1.54) is 0 Å². The van der Waals surface area contributed by atoms with Crippen LogP contribution in [0.1, 0.15) is 22.0 Å². The van der Waals surface area contributed by atoms with E-state index >= 15 is 0 Å². The van der Waals surface area contributed by atoms with Crippen LogP contribution in [0.25, 0.3) is 11.1 Å². The minimum atomic E-state index is -0.458. The van der Waals surface area contributed by atoms with Gasteiger partial charge in [0.05, 0.1) is 35.8 Å². The Hall–Kier alpha value is -3.10. The molecule has 0 aliphatic carbocycles. The van der Waals surface area contributed by atoms with Gasteiger partial charge in [0, 0.05) is 45.0 Å². The highest BCUT2D eigenvalue weighted by atomic mass is 35.5. The number of likely N-dealkylation sites (N-methyl/N-ethyl adjacent to an activating group) is 2. The summed E-state index contributed by atoms with van der Waals surface area (Å²) in [6.45, 7) is 3.88. The molecule has 1 aliphatic rings. The Morgan fingerprint density at radius 2 is 1.66 bits per heavy atom. The van der Waals surface area contributed by atoms with E-state index in [1.807, 2.05) is 66.4 Å². The second-order valence-electron chi connectivity index (χ2n) is 9.45. The smallest absolute Gasteiger partial charge is 0.248 e. The first-order chi connectivity index (χ1) is 18.2. The fourth-order valence-electron chi connectivity index (χ4n) is 4.53. The normalized spacial score (nSPS) is 14.6. The third kappa shape index (κ3) is 6.85. The number of hydrogen-bond acceptors (Lipinski definition) is 5. The monoisotopic (exact) mass is 554 g/mol. The molecule has 1 unspecified atom stereocenters. The van der Waals surface area contributed by atoms with E-state index in [-0.39, 0.29) is 18.5 Å². The van der Waals surface area contributed by atoms with Gasteiger partial charge in [0.2, 0.25) is 11.8 Å². The molecule has 1 saturated heterocycles. The topological polar surface area (TPSA) is 79.1 Å². The first kappa shape index (κ1) is 27.9. The molecular formula is C29H32Cl2N4O3. The Labute approximate surface area is 233 Å². The highest BCUT2D eigenvalue weighted by Gasteiger charge is 2.26. The first-order valence-corrected chi connectivity index (χ1v) is 13.2. The highest BCUT2D eigenvalue weighted by Crippen LogP contribution is 2.29. The van der Waals surface area contributed by atoms with Gasteiger partial charge in [0.1, 0.15) is 0 Å². The Balaban J connectivity index is 1.55. The second-order valence-corrected chi connectivity index (χ2v) is 10.3. The van der Waals surface area contributed by atoms with E-state index in [1.54, 1.807) is 24.3 Å². The van der Waals surface area contributed by atoms with E-state index in [2.05, 4.69) is 4.90 Å². The van der Waals surface area contributed by atoms with Crippen molar-refractivity contribution in [1.82, 2.24) is 9.80 Å². The van der Waals surface area contributed by atoms with Crippen LogP contribution >= 0.6 is 23.2 Å². The average molecular weight is 556 g/mol. The van der Waals surface area contributed by atoms with E-state index in [9.17, 15) is 9.59 Å². The summed E-state index contributed by atoms with van der Waals surface area (Å²) in [6.07, 6.45) is 0. The fourth-order valence-corrected chi connectivity index (χ4v) is 4.82. The predicted octanol–water partition coefficient (Wildman–Crippen LogP) is 4.73. The lowest BCUT2D eigenvalue weighted by Gasteiger charge is -2.36. The van der Waals surface area contributed by atoms with E-state index in [0.29, 0.717) is 35.4 Å². The summed E-state index contributed by atoms with van der Waals surface area (Å²) in [4.78, 5) is 31.1. The van der Waals surface area contributed by atoms with Gasteiger partial charge >= 0.3 is 0 Å². The number of hydrogen-bond donors (Lipinski definition) is 1. The molecular weight excluding hydrogens is 523 g/mol. The molecule has 200 valence electrons. The van der Waals surface area contributed by atoms with E-state index < -0.39 is 5.91 Å². The summed E-state index contributed by atoms with van der Waals surface area (Å²) in [5.74, 6) is -0.477. The maximum atomic E-state index is 13.5. The number of carbonyl (C=O) groups is 2. The molecule has 0 saturated carbocycles. The molecule has 2 amide bonds. The zero-order valence-electron chi connectivity index (χ0n) is 21.6. The van der Waals surface area contributed by atoms with Crippen LogP contribution in [-0.2, 0) is 9.53 Å². The van der Waals surface area contributed by atoms with Crippen LogP contribution in [0.4, 0.5) is 5.69 Å². The Bertz CT molecular complexity index is 1280. The lowest BCUT2D eigenvalue weighted by molar-refractivity contribution is -0.131. The molecule has 7 nitrogen and oxygen atoms in total. The van der Waals surface area contributed by atoms with Crippen molar-refractivity contribution in [2.24, 2.45) is 5.73 Å². The molecule has 38 heavy (non-hydrogen) atoms. The number of nitrogens with two attached hydrogens (primary N) is 1. The Morgan fingerprint density at radius 3 is 2.32 bits per heavy atom. The van der Waals surface area contributed by atoms with Gasteiger partial charge in [-0.2, -0.15) is 0 Å². The lowest BCUT2D eigenvalue weighted by atomic mass is 9.98. The molecule has 0 aromatic heterocycles. The summed E-state index contributed by atoms with van der Waals surface area (Å²) >= 11 is 12.2. The van der Waals surface area contributed by atoms with E-state index in [0.717, 1.165) is 35.5 Å². The maximum Gasteiger partial charge on any atom is 0.248 e. The van der Waals surface area contributed by atoms with Crippen molar-refractivity contribution >= 4 is 40.7 Å². The number of amides is 2. The third-order valence-electron chi connectivity index (χ3n) is 6.89. The number of ether oxygens (including phenoxy) is 1. The highest BCUT2D eigenvalue weighted by molar-refractivity contribution is 6.42. The quantitative estimate of drug-likeness (QED) is 0.413. The SMILES string of the molecule is CN(CC(=O)N(C)C(CN1CCOCC1)c1ccc(-c2cccc(C(N)=O)c2)cc1)c1ccc(Cl)c(Cl)c1. The molecule has 0 bridgehead atoms. The zero-order chi connectivity index (χ0) is 27.2. The minimum absolute atomic E-state index is 0.0185. The van der Waals surface area contributed by atoms with Crippen LogP contribution < -0.4 is 10.6 Å². The van der Waals surface area contributed by atoms with Gasteiger partial charge < -0.3 is 20.3 Å². The maximum absolute atomic E-state index is 13.5. The molecule has 9 heteroatoms. The van der Waals surface area contributed by atoms with E-state index in [4.69, 9.17) is 33.7 Å². The standard InChI is InChI=1S/C29H32Cl2N4O3/c1-33(24-10-11-25(30)26(31)17-24)19-28(36)34(2)27(18-35-12-14-38-15-13-35)21-8-6-20(7-9-21)22-4-3-5-23(16-22)29(32)37/h3-11,16-17,27H,12-15,18-19H2,1-2H3,(H2,32,37). The van der Waals surface area contributed by atoms with Crippen molar-refractivity contribution in [2.75, 3.05) is 58.4 Å². The van der Waals surface area contributed by atoms with Crippen LogP contribution in [-0.4, -0.2) is 75.1 Å². The molecule has 2 N–H and O–H groups in total. The molecule has 4 rings (SSSR count). The van der Waals surface area contributed by atoms with Crippen molar-refractivity contribution in [3.8, 4) is 11.1 Å². The zero-order valence-corrected chi connectivity index (χ0v) is 23.1. The van der Waals surface area contributed by atoms with Crippen LogP contribution in [0.2, 0.25) is 10.0 Å². The van der Waals surface area contributed by atoms with Crippen molar-refractivity contribution in [3.63, 3.8) is 0 Å². The van der Waals surface area contributed by atoms with Crippen LogP contribution in [0.15, 0.2) is 66.7 Å². The van der Waals surface area contributed by atoms with Crippen LogP contribution in [0, 0.1) is 0 Å². The Kier molecular flexibility index (Phi) is 9.28. The average Bonchev–Trinajstić information content (AvgIpc) is 2.93.